The summed E-state index contributed by atoms with van der Waals surface area (Å²) in [5, 5.41) is 7.57. The smallest absolute Gasteiger partial charge is 0.0547 e. The van der Waals surface area contributed by atoms with Crippen LogP contribution in [0.2, 0.25) is 0 Å². The summed E-state index contributed by atoms with van der Waals surface area (Å²) in [7, 11) is 0. The Morgan fingerprint density at radius 3 is 1.60 bits per heavy atom. The lowest BCUT2D eigenvalue weighted by Gasteiger charge is -2.26. The van der Waals surface area contributed by atoms with E-state index in [1.54, 1.807) is 0 Å². The number of aromatic nitrogens is 1. The fraction of sp³-hybridized carbons (Fsp3) is 0. The molecule has 11 rings (SSSR count). The van der Waals surface area contributed by atoms with Gasteiger partial charge in [-0.25, -0.2) is 0 Å². The van der Waals surface area contributed by atoms with Crippen molar-refractivity contribution in [2.45, 2.75) is 0 Å². The summed E-state index contributed by atoms with van der Waals surface area (Å²) in [6.45, 7) is 0. The van der Waals surface area contributed by atoms with Crippen LogP contribution in [0.1, 0.15) is 0 Å². The zero-order valence-corrected chi connectivity index (χ0v) is 31.8. The largest absolute Gasteiger partial charge is 0.310 e. The summed E-state index contributed by atoms with van der Waals surface area (Å²) < 4.78 is 2.39. The number of hydrogen-bond acceptors (Lipinski definition) is 1. The lowest BCUT2D eigenvalue weighted by atomic mass is 9.93. The predicted octanol–water partition coefficient (Wildman–Crippen LogP) is 15.6. The minimum Gasteiger partial charge on any atom is -0.310 e. The highest BCUT2D eigenvalue weighted by Crippen LogP contribution is 2.43. The number of nitrogens with zero attached hydrogens (tertiary/aromatic N) is 2. The van der Waals surface area contributed by atoms with Gasteiger partial charge in [0, 0.05) is 33.5 Å². The Balaban J connectivity index is 1.06. The molecule has 11 aromatic rings. The Hall–Kier alpha value is -7.68. The van der Waals surface area contributed by atoms with Crippen LogP contribution in [0.5, 0.6) is 0 Å². The van der Waals surface area contributed by atoms with Gasteiger partial charge in [0.05, 0.1) is 11.0 Å². The Morgan fingerprint density at radius 2 is 0.845 bits per heavy atom. The molecule has 58 heavy (non-hydrogen) atoms. The van der Waals surface area contributed by atoms with E-state index < -0.39 is 0 Å². The van der Waals surface area contributed by atoms with Gasteiger partial charge in [-0.2, -0.15) is 0 Å². The Morgan fingerprint density at radius 1 is 0.293 bits per heavy atom. The SMILES string of the molecule is c1ccc(-c2ccc(N(c3ccc(-c4cc5ccccc5c5ccccc45)cc3)c3cccc(-c4cccc5c4c4ccccc4n5-c4ccccc4)c3)cc2)cc1. The van der Waals surface area contributed by atoms with Crippen LogP contribution in [0.3, 0.4) is 0 Å². The normalized spacial score (nSPS) is 11.4. The monoisotopic (exact) mass is 738 g/mol. The first-order valence-electron chi connectivity index (χ1n) is 19.9. The van der Waals surface area contributed by atoms with Gasteiger partial charge in [0.15, 0.2) is 0 Å². The molecule has 0 N–H and O–H groups in total. The second kappa shape index (κ2) is 14.1. The lowest BCUT2D eigenvalue weighted by molar-refractivity contribution is 1.18. The minimum atomic E-state index is 1.09. The number of fused-ring (bicyclic) bond motifs is 6. The van der Waals surface area contributed by atoms with Crippen molar-refractivity contribution < 1.29 is 0 Å². The topological polar surface area (TPSA) is 8.17 Å². The van der Waals surface area contributed by atoms with E-state index in [2.05, 4.69) is 240 Å². The van der Waals surface area contributed by atoms with Crippen LogP contribution in [0, 0.1) is 0 Å². The molecule has 0 aliphatic heterocycles. The van der Waals surface area contributed by atoms with Gasteiger partial charge < -0.3 is 9.47 Å². The molecule has 0 atom stereocenters. The molecule has 2 heteroatoms. The van der Waals surface area contributed by atoms with Gasteiger partial charge in [-0.3, -0.25) is 0 Å². The summed E-state index contributed by atoms with van der Waals surface area (Å²) in [4.78, 5) is 2.38. The molecule has 0 amide bonds. The second-order valence-electron chi connectivity index (χ2n) is 14.9. The van der Waals surface area contributed by atoms with E-state index in [-0.39, 0.29) is 0 Å². The van der Waals surface area contributed by atoms with Crippen molar-refractivity contribution in [3.63, 3.8) is 0 Å². The summed E-state index contributed by atoms with van der Waals surface area (Å²) in [5.74, 6) is 0. The van der Waals surface area contributed by atoms with Gasteiger partial charge in [-0.05, 0) is 122 Å². The number of hydrogen-bond donors (Lipinski definition) is 0. The minimum absolute atomic E-state index is 1.09. The van der Waals surface area contributed by atoms with Gasteiger partial charge in [0.25, 0.3) is 0 Å². The summed E-state index contributed by atoms with van der Waals surface area (Å²) >= 11 is 0. The van der Waals surface area contributed by atoms with Crippen LogP contribution in [0.4, 0.5) is 17.1 Å². The van der Waals surface area contributed by atoms with Crippen LogP contribution >= 0.6 is 0 Å². The first kappa shape index (κ1) is 33.6. The maximum Gasteiger partial charge on any atom is 0.0547 e. The summed E-state index contributed by atoms with van der Waals surface area (Å²) in [6, 6.07) is 83.6. The molecule has 0 unspecified atom stereocenters. The molecular weight excluding hydrogens is 701 g/mol. The van der Waals surface area contributed by atoms with E-state index in [0.29, 0.717) is 0 Å². The maximum atomic E-state index is 2.39. The van der Waals surface area contributed by atoms with E-state index in [1.165, 1.54) is 76.7 Å². The first-order valence-corrected chi connectivity index (χ1v) is 19.9. The summed E-state index contributed by atoms with van der Waals surface area (Å²) in [6.07, 6.45) is 0. The summed E-state index contributed by atoms with van der Waals surface area (Å²) in [5.41, 5.74) is 14.1. The van der Waals surface area contributed by atoms with E-state index in [9.17, 15) is 0 Å². The standard InChI is InChI=1S/C56H38N2/c1-3-15-39(16-4-1)40-29-33-45(34-30-40)57(46-35-31-41(32-36-46)53-38-43-17-7-8-22-48(43)50-23-9-10-24-51(50)53)47-21-13-18-42(37-47)49-26-14-28-55-56(49)52-25-11-12-27-54(52)58(55)44-19-5-2-6-20-44/h1-38H. The molecular formula is C56H38N2. The molecule has 0 aliphatic carbocycles. The van der Waals surface area contributed by atoms with Gasteiger partial charge in [0.1, 0.15) is 0 Å². The molecule has 0 saturated heterocycles. The molecule has 272 valence electrons. The molecule has 0 radical (unpaired) electrons. The molecule has 2 nitrogen and oxygen atoms in total. The van der Waals surface area contributed by atoms with E-state index in [1.807, 2.05) is 0 Å². The number of anilines is 3. The third kappa shape index (κ3) is 5.74. The quantitative estimate of drug-likeness (QED) is 0.148. The molecule has 0 aliphatic rings. The zero-order chi connectivity index (χ0) is 38.4. The van der Waals surface area contributed by atoms with Crippen molar-refractivity contribution in [3.8, 4) is 39.1 Å². The molecule has 0 spiro atoms. The number of para-hydroxylation sites is 2. The van der Waals surface area contributed by atoms with Gasteiger partial charge in [-0.1, -0.05) is 164 Å². The van der Waals surface area contributed by atoms with Gasteiger partial charge in [-0.15, -0.1) is 0 Å². The lowest BCUT2D eigenvalue weighted by Crippen LogP contribution is -2.10. The van der Waals surface area contributed by atoms with Gasteiger partial charge >= 0.3 is 0 Å². The van der Waals surface area contributed by atoms with Crippen molar-refractivity contribution in [2.75, 3.05) is 4.90 Å². The molecule has 0 fully saturated rings. The van der Waals surface area contributed by atoms with Crippen molar-refractivity contribution in [3.05, 3.63) is 231 Å². The fourth-order valence-corrected chi connectivity index (χ4v) is 8.89. The Kier molecular flexibility index (Phi) is 8.19. The maximum absolute atomic E-state index is 2.39. The third-order valence-electron chi connectivity index (χ3n) is 11.6. The van der Waals surface area contributed by atoms with Crippen LogP contribution in [-0.2, 0) is 0 Å². The van der Waals surface area contributed by atoms with Crippen LogP contribution < -0.4 is 4.90 Å². The van der Waals surface area contributed by atoms with Crippen molar-refractivity contribution in [1.82, 2.24) is 4.57 Å². The zero-order valence-electron chi connectivity index (χ0n) is 31.8. The van der Waals surface area contributed by atoms with Crippen molar-refractivity contribution >= 4 is 60.4 Å². The van der Waals surface area contributed by atoms with E-state index >= 15 is 0 Å². The first-order chi connectivity index (χ1) is 28.8. The Bertz CT molecular complexity index is 3250. The Labute approximate surface area is 338 Å². The van der Waals surface area contributed by atoms with E-state index in [4.69, 9.17) is 0 Å². The van der Waals surface area contributed by atoms with Crippen molar-refractivity contribution in [2.24, 2.45) is 0 Å². The average molecular weight is 739 g/mol. The highest BCUT2D eigenvalue weighted by atomic mass is 15.1. The number of benzene rings is 10. The highest BCUT2D eigenvalue weighted by molar-refractivity contribution is 6.16. The highest BCUT2D eigenvalue weighted by Gasteiger charge is 2.19. The molecule has 0 bridgehead atoms. The molecule has 0 saturated carbocycles. The number of rotatable bonds is 7. The molecule has 1 heterocycles. The average Bonchev–Trinajstić information content (AvgIpc) is 3.65. The molecule has 1 aromatic heterocycles. The van der Waals surface area contributed by atoms with Crippen LogP contribution in [0.25, 0.3) is 82.4 Å². The van der Waals surface area contributed by atoms with Crippen LogP contribution in [0.15, 0.2) is 231 Å². The van der Waals surface area contributed by atoms with Gasteiger partial charge in [0.2, 0.25) is 0 Å². The van der Waals surface area contributed by atoms with Crippen LogP contribution in [-0.4, -0.2) is 4.57 Å². The van der Waals surface area contributed by atoms with E-state index in [0.717, 1.165) is 22.7 Å². The molecule has 10 aromatic carbocycles. The van der Waals surface area contributed by atoms with Crippen molar-refractivity contribution in [1.29, 1.82) is 0 Å². The predicted molar refractivity (Wildman–Crippen MR) is 247 cm³/mol. The third-order valence-corrected chi connectivity index (χ3v) is 11.6. The second-order valence-corrected chi connectivity index (χ2v) is 14.9. The fourth-order valence-electron chi connectivity index (χ4n) is 8.89.